The average molecular weight is 263 g/mol. The Bertz CT molecular complexity index is 359. The Labute approximate surface area is 104 Å². The van der Waals surface area contributed by atoms with Crippen molar-refractivity contribution in [2.45, 2.75) is 18.9 Å². The van der Waals surface area contributed by atoms with Gasteiger partial charge in [0.2, 0.25) is 0 Å². The fraction of sp³-hybridized carbons (Fsp3) is 0.364. The molecule has 0 fully saturated rings. The van der Waals surface area contributed by atoms with E-state index in [1.54, 1.807) is 18.2 Å². The minimum Gasteiger partial charge on any atom is -0.469 e. The van der Waals surface area contributed by atoms with Crippen LogP contribution >= 0.6 is 23.2 Å². The number of esters is 1. The minimum absolute atomic E-state index is 0.155. The lowest BCUT2D eigenvalue weighted by Crippen LogP contribution is -2.04. The third-order valence-corrected chi connectivity index (χ3v) is 2.56. The molecule has 0 aliphatic carbocycles. The second-order valence-corrected chi connectivity index (χ2v) is 4.21. The van der Waals surface area contributed by atoms with Crippen LogP contribution in [0.15, 0.2) is 18.2 Å². The van der Waals surface area contributed by atoms with Gasteiger partial charge in [0.1, 0.15) is 0 Å². The molecular weight excluding hydrogens is 251 g/mol. The van der Waals surface area contributed by atoms with Gasteiger partial charge < -0.3 is 9.84 Å². The van der Waals surface area contributed by atoms with Crippen molar-refractivity contribution in [1.29, 1.82) is 0 Å². The zero-order valence-electron chi connectivity index (χ0n) is 8.74. The van der Waals surface area contributed by atoms with Crippen LogP contribution in [0.1, 0.15) is 24.5 Å². The van der Waals surface area contributed by atoms with E-state index < -0.39 is 6.10 Å². The number of benzene rings is 1. The average Bonchev–Trinajstić information content (AvgIpc) is 2.23. The molecule has 0 heterocycles. The molecule has 1 aromatic carbocycles. The van der Waals surface area contributed by atoms with Crippen LogP contribution in [0.25, 0.3) is 0 Å². The van der Waals surface area contributed by atoms with Crippen LogP contribution in [0.5, 0.6) is 0 Å². The fourth-order valence-corrected chi connectivity index (χ4v) is 1.83. The third-order valence-electron chi connectivity index (χ3n) is 2.12. The van der Waals surface area contributed by atoms with E-state index in [4.69, 9.17) is 23.2 Å². The maximum absolute atomic E-state index is 10.9. The Morgan fingerprint density at radius 1 is 1.38 bits per heavy atom. The number of rotatable bonds is 4. The molecule has 0 saturated heterocycles. The lowest BCUT2D eigenvalue weighted by Gasteiger charge is -2.10. The molecule has 0 aromatic heterocycles. The zero-order chi connectivity index (χ0) is 12.1. The summed E-state index contributed by atoms with van der Waals surface area (Å²) >= 11 is 11.6. The van der Waals surface area contributed by atoms with Crippen LogP contribution in [-0.2, 0) is 9.53 Å². The Morgan fingerprint density at radius 3 is 2.44 bits per heavy atom. The van der Waals surface area contributed by atoms with E-state index in [0.29, 0.717) is 15.6 Å². The molecule has 1 N–H and O–H groups in total. The quantitative estimate of drug-likeness (QED) is 0.849. The summed E-state index contributed by atoms with van der Waals surface area (Å²) in [4.78, 5) is 10.9. The second-order valence-electron chi connectivity index (χ2n) is 3.33. The number of hydrogen-bond donors (Lipinski definition) is 1. The van der Waals surface area contributed by atoms with Gasteiger partial charge in [-0.2, -0.15) is 0 Å². The first-order valence-electron chi connectivity index (χ1n) is 4.74. The first-order chi connectivity index (χ1) is 7.52. The number of ether oxygens (including phenoxy) is 1. The Morgan fingerprint density at radius 2 is 1.94 bits per heavy atom. The summed E-state index contributed by atoms with van der Waals surface area (Å²) in [5, 5.41) is 10.7. The van der Waals surface area contributed by atoms with Crippen LogP contribution in [0.2, 0.25) is 10.0 Å². The maximum atomic E-state index is 10.9. The van der Waals surface area contributed by atoms with Crippen LogP contribution in [-0.4, -0.2) is 18.2 Å². The van der Waals surface area contributed by atoms with Gasteiger partial charge >= 0.3 is 5.97 Å². The van der Waals surface area contributed by atoms with E-state index in [9.17, 15) is 9.90 Å². The topological polar surface area (TPSA) is 46.5 Å². The van der Waals surface area contributed by atoms with Crippen molar-refractivity contribution < 1.29 is 14.6 Å². The highest BCUT2D eigenvalue weighted by atomic mass is 35.5. The summed E-state index contributed by atoms with van der Waals surface area (Å²) in [5.74, 6) is -0.354. The number of hydrogen-bond acceptors (Lipinski definition) is 3. The molecule has 0 aliphatic heterocycles. The van der Waals surface area contributed by atoms with Gasteiger partial charge in [-0.15, -0.1) is 0 Å². The van der Waals surface area contributed by atoms with Gasteiger partial charge in [-0.1, -0.05) is 23.2 Å². The van der Waals surface area contributed by atoms with Gasteiger partial charge in [0.25, 0.3) is 0 Å². The number of halogens is 2. The highest BCUT2D eigenvalue weighted by Gasteiger charge is 2.11. The van der Waals surface area contributed by atoms with Gasteiger partial charge in [-0.05, 0) is 30.2 Å². The molecule has 16 heavy (non-hydrogen) atoms. The summed E-state index contributed by atoms with van der Waals surface area (Å²) < 4.78 is 4.48. The van der Waals surface area contributed by atoms with Gasteiger partial charge in [0, 0.05) is 16.5 Å². The Balaban J connectivity index is 2.65. The summed E-state index contributed by atoms with van der Waals surface area (Å²) in [6.45, 7) is 0. The molecule has 88 valence electrons. The molecule has 0 saturated carbocycles. The third kappa shape index (κ3) is 4.00. The van der Waals surface area contributed by atoms with E-state index in [-0.39, 0.29) is 18.8 Å². The number of carbonyl (C=O) groups excluding carboxylic acids is 1. The molecule has 1 aromatic rings. The summed E-state index contributed by atoms with van der Waals surface area (Å²) in [6.07, 6.45) is -0.333. The van der Waals surface area contributed by atoms with Crippen molar-refractivity contribution in [1.82, 2.24) is 0 Å². The lowest BCUT2D eigenvalue weighted by atomic mass is 10.1. The van der Waals surface area contributed by atoms with E-state index in [1.165, 1.54) is 7.11 Å². The molecule has 1 unspecified atom stereocenters. The largest absolute Gasteiger partial charge is 0.469 e. The van der Waals surface area contributed by atoms with Crippen molar-refractivity contribution in [2.24, 2.45) is 0 Å². The molecule has 0 radical (unpaired) electrons. The Kier molecular flexibility index (Phi) is 5.06. The summed E-state index contributed by atoms with van der Waals surface area (Å²) in [5.41, 5.74) is 0.599. The monoisotopic (exact) mass is 262 g/mol. The maximum Gasteiger partial charge on any atom is 0.305 e. The van der Waals surface area contributed by atoms with Crippen LogP contribution in [0.3, 0.4) is 0 Å². The van der Waals surface area contributed by atoms with E-state index in [0.717, 1.165) is 0 Å². The molecule has 0 aliphatic rings. The van der Waals surface area contributed by atoms with Crippen LogP contribution in [0.4, 0.5) is 0 Å². The van der Waals surface area contributed by atoms with E-state index >= 15 is 0 Å². The molecule has 3 nitrogen and oxygen atoms in total. The van der Waals surface area contributed by atoms with Crippen molar-refractivity contribution >= 4 is 29.2 Å². The molecule has 0 amide bonds. The van der Waals surface area contributed by atoms with Gasteiger partial charge in [0.15, 0.2) is 0 Å². The molecular formula is C11H12Cl2O3. The molecule has 0 spiro atoms. The van der Waals surface area contributed by atoms with Crippen molar-refractivity contribution in [3.05, 3.63) is 33.8 Å². The molecule has 1 rings (SSSR count). The molecule has 0 bridgehead atoms. The predicted molar refractivity (Wildman–Crippen MR) is 62.7 cm³/mol. The lowest BCUT2D eigenvalue weighted by molar-refractivity contribution is -0.141. The predicted octanol–water partition coefficient (Wildman–Crippen LogP) is 2.98. The van der Waals surface area contributed by atoms with Gasteiger partial charge in [-0.3, -0.25) is 4.79 Å². The van der Waals surface area contributed by atoms with Gasteiger partial charge in [-0.25, -0.2) is 0 Å². The Hall–Kier alpha value is -0.770. The van der Waals surface area contributed by atoms with Crippen LogP contribution < -0.4 is 0 Å². The van der Waals surface area contributed by atoms with E-state index in [2.05, 4.69) is 4.74 Å². The smallest absolute Gasteiger partial charge is 0.305 e. The summed E-state index contributed by atoms with van der Waals surface area (Å²) in [6, 6.07) is 4.82. The standard InChI is InChI=1S/C11H12Cl2O3/c1-16-11(15)3-2-10(14)7-4-8(12)6-9(13)5-7/h4-6,10,14H,2-3H2,1H3. The second kappa shape index (κ2) is 6.09. The number of aliphatic hydroxyl groups is 1. The number of carbonyl (C=O) groups is 1. The SMILES string of the molecule is COC(=O)CCC(O)c1cc(Cl)cc(Cl)c1. The first kappa shape index (κ1) is 13.3. The van der Waals surface area contributed by atoms with Crippen molar-refractivity contribution in [3.63, 3.8) is 0 Å². The zero-order valence-corrected chi connectivity index (χ0v) is 10.3. The highest BCUT2D eigenvalue weighted by molar-refractivity contribution is 6.34. The van der Waals surface area contributed by atoms with Gasteiger partial charge in [0.05, 0.1) is 13.2 Å². The van der Waals surface area contributed by atoms with Crippen LogP contribution in [0, 0.1) is 0 Å². The number of methoxy groups -OCH3 is 1. The van der Waals surface area contributed by atoms with Crippen molar-refractivity contribution in [3.8, 4) is 0 Å². The first-order valence-corrected chi connectivity index (χ1v) is 5.49. The molecule has 1 atom stereocenters. The minimum atomic E-state index is -0.768. The van der Waals surface area contributed by atoms with Crippen molar-refractivity contribution in [2.75, 3.05) is 7.11 Å². The highest BCUT2D eigenvalue weighted by Crippen LogP contribution is 2.25. The number of aliphatic hydroxyl groups excluding tert-OH is 1. The molecule has 5 heteroatoms. The van der Waals surface area contributed by atoms with E-state index in [1.807, 2.05) is 0 Å². The normalized spacial score (nSPS) is 12.2. The fourth-order valence-electron chi connectivity index (χ4n) is 1.29. The summed E-state index contributed by atoms with van der Waals surface area (Å²) in [7, 11) is 1.31.